The van der Waals surface area contributed by atoms with Crippen LogP contribution in [0.3, 0.4) is 0 Å². The predicted molar refractivity (Wildman–Crippen MR) is 99.0 cm³/mol. The molecule has 8 nitrogen and oxygen atoms in total. The monoisotopic (exact) mass is 381 g/mol. The minimum Gasteiger partial charge on any atom is -0.396 e. The maximum Gasteiger partial charge on any atom is 0.341 e. The lowest BCUT2D eigenvalue weighted by molar-refractivity contribution is -0.135. The van der Waals surface area contributed by atoms with Gasteiger partial charge in [0.25, 0.3) is 0 Å². The van der Waals surface area contributed by atoms with Gasteiger partial charge in [0.15, 0.2) is 0 Å². The Labute approximate surface area is 151 Å². The molecule has 25 heavy (non-hydrogen) atoms. The van der Waals surface area contributed by atoms with Gasteiger partial charge in [-0.15, -0.1) is 0 Å². The van der Waals surface area contributed by atoms with Gasteiger partial charge in [-0.1, -0.05) is 13.8 Å². The van der Waals surface area contributed by atoms with Crippen LogP contribution < -0.4 is 5.50 Å². The summed E-state index contributed by atoms with van der Waals surface area (Å²) < 4.78 is 19.1. The Morgan fingerprint density at radius 3 is 1.96 bits per heavy atom. The molecule has 0 spiro atoms. The van der Waals surface area contributed by atoms with Crippen LogP contribution in [0.2, 0.25) is 0 Å². The van der Waals surface area contributed by atoms with E-state index in [1.54, 1.807) is 37.3 Å². The average Bonchev–Trinajstić information content (AvgIpc) is 2.44. The zero-order chi connectivity index (χ0) is 19.8. The molecular weight excluding hydrogens is 345 g/mol. The normalized spacial score (nSPS) is 18.8. The molecule has 0 bridgehead atoms. The molecule has 0 aromatic rings. The first-order valence-corrected chi connectivity index (χ1v) is 10.4. The summed E-state index contributed by atoms with van der Waals surface area (Å²) in [6.07, 6.45) is 0.281. The first kappa shape index (κ1) is 24.5. The summed E-state index contributed by atoms with van der Waals surface area (Å²) >= 11 is 0. The smallest absolute Gasteiger partial charge is 0.341 e. The van der Waals surface area contributed by atoms with Gasteiger partial charge in [0, 0.05) is 38.7 Å². The molecule has 1 saturated heterocycles. The molecule has 1 rings (SSSR count). The Balaban J connectivity index is 0.000000697. The van der Waals surface area contributed by atoms with E-state index < -0.39 is 13.3 Å². The molecule has 0 radical (unpaired) electrons. The van der Waals surface area contributed by atoms with Crippen molar-refractivity contribution in [2.24, 2.45) is 11.4 Å². The predicted octanol–water partition coefficient (Wildman–Crippen LogP) is 1.42. The molecule has 9 heteroatoms. The Morgan fingerprint density at radius 2 is 1.68 bits per heavy atom. The topological polar surface area (TPSA) is 116 Å². The van der Waals surface area contributed by atoms with E-state index in [1.165, 1.54) is 0 Å². The Bertz CT molecular complexity index is 444. The second-order valence-corrected chi connectivity index (χ2v) is 9.34. The van der Waals surface area contributed by atoms with Crippen molar-refractivity contribution in [1.82, 2.24) is 9.57 Å². The second-order valence-electron chi connectivity index (χ2n) is 7.44. The van der Waals surface area contributed by atoms with Gasteiger partial charge in [0.05, 0.1) is 11.7 Å². The summed E-state index contributed by atoms with van der Waals surface area (Å²) in [7, 11) is -3.21. The molecular formula is C16H36N3O5P. The van der Waals surface area contributed by atoms with E-state index in [-0.39, 0.29) is 24.5 Å². The van der Waals surface area contributed by atoms with Gasteiger partial charge in [-0.05, 0) is 34.1 Å². The minimum atomic E-state index is -3.21. The van der Waals surface area contributed by atoms with E-state index in [9.17, 15) is 9.36 Å². The van der Waals surface area contributed by atoms with E-state index in [4.69, 9.17) is 20.2 Å². The Morgan fingerprint density at radius 1 is 1.20 bits per heavy atom. The lowest BCUT2D eigenvalue weighted by atomic mass is 10.1. The maximum absolute atomic E-state index is 12.2. The summed E-state index contributed by atoms with van der Waals surface area (Å²) in [5.74, 6) is 0.124. The number of aliphatic hydroxyl groups is 2. The van der Waals surface area contributed by atoms with Crippen molar-refractivity contribution in [3.05, 3.63) is 0 Å². The van der Waals surface area contributed by atoms with Crippen LogP contribution in [0, 0.1) is 5.92 Å². The Kier molecular flexibility index (Phi) is 10.4. The van der Waals surface area contributed by atoms with E-state index >= 15 is 0 Å². The van der Waals surface area contributed by atoms with Crippen molar-refractivity contribution in [3.63, 3.8) is 0 Å². The fourth-order valence-corrected chi connectivity index (χ4v) is 3.68. The van der Waals surface area contributed by atoms with Crippen LogP contribution in [0.25, 0.3) is 0 Å². The summed E-state index contributed by atoms with van der Waals surface area (Å²) in [6.45, 7) is 12.9. The SMILES string of the molecule is CC(C)(O)CCO.CC(C)OP(N)(=O)N1CCN(C(=O)C(C)C)CC1. The van der Waals surface area contributed by atoms with Crippen molar-refractivity contribution in [3.8, 4) is 0 Å². The molecule has 4 N–H and O–H groups in total. The highest BCUT2D eigenvalue weighted by Crippen LogP contribution is 2.44. The molecule has 150 valence electrons. The number of nitrogens with zero attached hydrogens (tertiary/aromatic N) is 2. The molecule has 0 aromatic heterocycles. The van der Waals surface area contributed by atoms with Crippen LogP contribution in [0.4, 0.5) is 0 Å². The second kappa shape index (κ2) is 10.6. The molecule has 0 aliphatic carbocycles. The third-order valence-corrected chi connectivity index (χ3v) is 5.45. The van der Waals surface area contributed by atoms with Crippen molar-refractivity contribution in [2.75, 3.05) is 32.8 Å². The standard InChI is InChI=1S/C11H24N3O3P.C5H12O2/c1-9(2)11(15)13-5-7-14(8-6-13)18(12,16)17-10(3)4;1-5(2,7)3-4-6/h9-10H,5-8H2,1-4H3,(H2,12,16);6-7H,3-4H2,1-2H3. The van der Waals surface area contributed by atoms with Crippen LogP contribution in [0.15, 0.2) is 0 Å². The highest BCUT2D eigenvalue weighted by Gasteiger charge is 2.33. The van der Waals surface area contributed by atoms with Crippen LogP contribution in [0.5, 0.6) is 0 Å². The summed E-state index contributed by atoms with van der Waals surface area (Å²) in [5.41, 5.74) is 5.03. The van der Waals surface area contributed by atoms with Crippen molar-refractivity contribution >= 4 is 13.6 Å². The number of hydrogen-bond donors (Lipinski definition) is 3. The maximum atomic E-state index is 12.2. The van der Waals surface area contributed by atoms with Crippen LogP contribution in [0.1, 0.15) is 48.0 Å². The summed E-state index contributed by atoms with van der Waals surface area (Å²) in [4.78, 5) is 13.6. The third kappa shape index (κ3) is 10.3. The number of nitrogens with two attached hydrogens (primary N) is 1. The fraction of sp³-hybridized carbons (Fsp3) is 0.938. The number of piperazine rings is 1. The van der Waals surface area contributed by atoms with Crippen LogP contribution in [-0.2, 0) is 13.9 Å². The van der Waals surface area contributed by atoms with Crippen molar-refractivity contribution < 1.29 is 24.1 Å². The van der Waals surface area contributed by atoms with Gasteiger partial charge in [0.1, 0.15) is 0 Å². The molecule has 1 aliphatic heterocycles. The largest absolute Gasteiger partial charge is 0.396 e. The van der Waals surface area contributed by atoms with Crippen LogP contribution >= 0.6 is 7.67 Å². The zero-order valence-electron chi connectivity index (χ0n) is 16.4. The van der Waals surface area contributed by atoms with E-state index in [2.05, 4.69) is 0 Å². The summed E-state index contributed by atoms with van der Waals surface area (Å²) in [5, 5.41) is 17.1. The molecule has 1 atom stereocenters. The first-order chi connectivity index (χ1) is 11.3. The van der Waals surface area contributed by atoms with Gasteiger partial charge in [-0.3, -0.25) is 9.36 Å². The van der Waals surface area contributed by atoms with Crippen molar-refractivity contribution in [1.29, 1.82) is 0 Å². The number of rotatable bonds is 6. The average molecular weight is 381 g/mol. The van der Waals surface area contributed by atoms with Gasteiger partial charge >= 0.3 is 7.67 Å². The molecule has 1 heterocycles. The lowest BCUT2D eigenvalue weighted by Gasteiger charge is -2.37. The molecule has 0 aromatic carbocycles. The first-order valence-electron chi connectivity index (χ1n) is 8.74. The van der Waals surface area contributed by atoms with E-state index in [0.29, 0.717) is 32.6 Å². The third-order valence-electron chi connectivity index (χ3n) is 3.54. The fourth-order valence-electron chi connectivity index (χ4n) is 2.20. The van der Waals surface area contributed by atoms with Gasteiger partial charge in [-0.25, -0.2) is 10.2 Å². The molecule has 1 unspecified atom stereocenters. The molecule has 0 saturated carbocycles. The Hall–Kier alpha value is -0.500. The van der Waals surface area contributed by atoms with E-state index in [1.807, 2.05) is 13.8 Å². The van der Waals surface area contributed by atoms with Gasteiger partial charge in [0.2, 0.25) is 5.91 Å². The quantitative estimate of drug-likeness (QED) is 0.596. The number of carbonyl (C=O) groups excluding carboxylic acids is 1. The summed E-state index contributed by atoms with van der Waals surface area (Å²) in [6, 6.07) is 0. The van der Waals surface area contributed by atoms with Gasteiger partial charge in [-0.2, -0.15) is 0 Å². The minimum absolute atomic E-state index is 0.00635. The number of hydrogen-bond acceptors (Lipinski definition) is 5. The van der Waals surface area contributed by atoms with Gasteiger partial charge < -0.3 is 19.6 Å². The zero-order valence-corrected chi connectivity index (χ0v) is 17.3. The molecule has 1 fully saturated rings. The highest BCUT2D eigenvalue weighted by atomic mass is 31.2. The molecule has 1 amide bonds. The number of carbonyl (C=O) groups is 1. The number of aliphatic hydroxyl groups excluding tert-OH is 1. The number of amides is 1. The van der Waals surface area contributed by atoms with Crippen LogP contribution in [-0.4, -0.2) is 70.2 Å². The van der Waals surface area contributed by atoms with Crippen molar-refractivity contribution in [2.45, 2.75) is 59.7 Å². The lowest BCUT2D eigenvalue weighted by Crippen LogP contribution is -2.49. The molecule has 1 aliphatic rings. The highest BCUT2D eigenvalue weighted by molar-refractivity contribution is 7.53. The van der Waals surface area contributed by atoms with E-state index in [0.717, 1.165) is 0 Å².